The first-order chi connectivity index (χ1) is 11.6. The molecule has 2 aliphatic rings. The Morgan fingerprint density at radius 1 is 1.33 bits per heavy atom. The van der Waals surface area contributed by atoms with Crippen LogP contribution in [0, 0.1) is 0 Å². The molecule has 0 unspecified atom stereocenters. The largest absolute Gasteiger partial charge is 0.310 e. The van der Waals surface area contributed by atoms with Gasteiger partial charge in [0.15, 0.2) is 0 Å². The third-order valence-corrected chi connectivity index (χ3v) is 4.94. The number of H-pyrrole nitrogens is 1. The van der Waals surface area contributed by atoms with Crippen molar-refractivity contribution in [1.29, 1.82) is 0 Å². The number of aromatic nitrogens is 5. The van der Waals surface area contributed by atoms with Gasteiger partial charge in [0.25, 0.3) is 5.56 Å². The molecule has 3 heterocycles. The molecule has 2 aromatic rings. The van der Waals surface area contributed by atoms with Gasteiger partial charge >= 0.3 is 0 Å². The van der Waals surface area contributed by atoms with Gasteiger partial charge < -0.3 is 9.88 Å². The first-order valence-electron chi connectivity index (χ1n) is 8.45. The molecular weight excluding hydrogens is 306 g/mol. The molecule has 0 amide bonds. The van der Waals surface area contributed by atoms with E-state index in [1.807, 2.05) is 10.9 Å². The average Bonchev–Trinajstić information content (AvgIpc) is 3.07. The first kappa shape index (κ1) is 15.5. The van der Waals surface area contributed by atoms with E-state index in [1.54, 1.807) is 12.3 Å². The molecule has 1 N–H and O–H groups in total. The summed E-state index contributed by atoms with van der Waals surface area (Å²) in [7, 11) is 4.18. The number of likely N-dealkylation sites (tertiary alicyclic amines) is 1. The fourth-order valence-corrected chi connectivity index (χ4v) is 3.53. The number of nitrogens with zero attached hydrogens (tertiary/aromatic N) is 6. The summed E-state index contributed by atoms with van der Waals surface area (Å²) in [5.41, 5.74) is 0.815. The fourth-order valence-electron chi connectivity index (χ4n) is 3.53. The Hall–Kier alpha value is -2.06. The second-order valence-corrected chi connectivity index (χ2v) is 7.07. The number of aromatic amines is 1. The molecule has 1 saturated heterocycles. The number of hydrogen-bond acceptors (Lipinski definition) is 6. The van der Waals surface area contributed by atoms with Crippen LogP contribution >= 0.6 is 0 Å². The molecule has 0 spiro atoms. The zero-order valence-electron chi connectivity index (χ0n) is 14.1. The van der Waals surface area contributed by atoms with Crippen molar-refractivity contribution in [3.05, 3.63) is 40.3 Å². The topological polar surface area (TPSA) is 82.9 Å². The molecule has 1 aliphatic heterocycles. The minimum absolute atomic E-state index is 0.0434. The van der Waals surface area contributed by atoms with Gasteiger partial charge in [-0.05, 0) is 26.9 Å². The SMILES string of the molecule is CN(C)[C@@H]1CN(Cc2cc(=O)[nH]c(C3CC3)n2)C[C@@H]1n1ccnn1. The summed E-state index contributed by atoms with van der Waals surface area (Å²) in [6.45, 7) is 2.49. The van der Waals surface area contributed by atoms with Crippen molar-refractivity contribution >= 4 is 0 Å². The number of likely N-dealkylation sites (N-methyl/N-ethyl adjacent to an activating group) is 1. The van der Waals surface area contributed by atoms with Gasteiger partial charge in [-0.3, -0.25) is 9.69 Å². The molecule has 8 nitrogen and oxygen atoms in total. The maximum atomic E-state index is 11.9. The van der Waals surface area contributed by atoms with Crippen LogP contribution < -0.4 is 5.56 Å². The molecule has 4 rings (SSSR count). The van der Waals surface area contributed by atoms with Gasteiger partial charge in [0, 0.05) is 43.9 Å². The summed E-state index contributed by atoms with van der Waals surface area (Å²) in [4.78, 5) is 24.0. The summed E-state index contributed by atoms with van der Waals surface area (Å²) >= 11 is 0. The van der Waals surface area contributed by atoms with Crippen molar-refractivity contribution in [2.75, 3.05) is 27.2 Å². The van der Waals surface area contributed by atoms with Crippen LogP contribution in [0.4, 0.5) is 0 Å². The van der Waals surface area contributed by atoms with Gasteiger partial charge in [0.05, 0.1) is 17.9 Å². The fraction of sp³-hybridized carbons (Fsp3) is 0.625. The first-order valence-corrected chi connectivity index (χ1v) is 8.45. The maximum absolute atomic E-state index is 11.9. The second-order valence-electron chi connectivity index (χ2n) is 7.07. The minimum Gasteiger partial charge on any atom is -0.310 e. The molecule has 2 atom stereocenters. The van der Waals surface area contributed by atoms with Crippen LogP contribution in [-0.2, 0) is 6.54 Å². The van der Waals surface area contributed by atoms with Gasteiger partial charge in [-0.25, -0.2) is 9.67 Å². The predicted molar refractivity (Wildman–Crippen MR) is 88.6 cm³/mol. The Morgan fingerprint density at radius 2 is 2.17 bits per heavy atom. The molecule has 0 radical (unpaired) electrons. The van der Waals surface area contributed by atoms with Crippen molar-refractivity contribution in [2.45, 2.75) is 37.4 Å². The van der Waals surface area contributed by atoms with Crippen LogP contribution in [0.15, 0.2) is 23.3 Å². The molecule has 128 valence electrons. The lowest BCUT2D eigenvalue weighted by Gasteiger charge is -2.24. The summed E-state index contributed by atoms with van der Waals surface area (Å²) in [5, 5.41) is 8.11. The third kappa shape index (κ3) is 3.11. The molecule has 0 bridgehead atoms. The summed E-state index contributed by atoms with van der Waals surface area (Å²) in [6.07, 6.45) is 5.90. The quantitative estimate of drug-likeness (QED) is 0.845. The number of rotatable bonds is 5. The minimum atomic E-state index is -0.0434. The zero-order chi connectivity index (χ0) is 16.7. The average molecular weight is 329 g/mol. The van der Waals surface area contributed by atoms with Gasteiger partial charge in [0.2, 0.25) is 0 Å². The highest BCUT2D eigenvalue weighted by atomic mass is 16.1. The second kappa shape index (κ2) is 6.10. The molecule has 2 aromatic heterocycles. The Kier molecular flexibility index (Phi) is 3.93. The van der Waals surface area contributed by atoms with E-state index >= 15 is 0 Å². The van der Waals surface area contributed by atoms with Crippen molar-refractivity contribution in [2.24, 2.45) is 0 Å². The lowest BCUT2D eigenvalue weighted by atomic mass is 10.1. The Labute approximate surface area is 140 Å². The van der Waals surface area contributed by atoms with Crippen LogP contribution in [0.25, 0.3) is 0 Å². The maximum Gasteiger partial charge on any atom is 0.251 e. The van der Waals surface area contributed by atoms with E-state index in [-0.39, 0.29) is 11.6 Å². The van der Waals surface area contributed by atoms with E-state index in [9.17, 15) is 4.79 Å². The standard InChI is InChI=1S/C16H23N7O/c1-21(2)13-9-22(10-14(13)23-6-5-17-20-23)8-12-7-15(24)19-16(18-12)11-3-4-11/h5-7,11,13-14H,3-4,8-10H2,1-2H3,(H,18,19,24)/t13-,14+/m1/s1. The van der Waals surface area contributed by atoms with E-state index in [0.29, 0.717) is 18.5 Å². The Morgan fingerprint density at radius 3 is 2.83 bits per heavy atom. The van der Waals surface area contributed by atoms with E-state index in [1.165, 1.54) is 0 Å². The Balaban J connectivity index is 1.52. The van der Waals surface area contributed by atoms with Crippen LogP contribution in [0.3, 0.4) is 0 Å². The molecule has 24 heavy (non-hydrogen) atoms. The van der Waals surface area contributed by atoms with Crippen molar-refractivity contribution in [1.82, 2.24) is 34.8 Å². The van der Waals surface area contributed by atoms with Crippen LogP contribution in [0.5, 0.6) is 0 Å². The van der Waals surface area contributed by atoms with Crippen molar-refractivity contribution in [3.8, 4) is 0 Å². The number of hydrogen-bond donors (Lipinski definition) is 1. The van der Waals surface area contributed by atoms with Crippen LogP contribution in [-0.4, -0.2) is 68.0 Å². The van der Waals surface area contributed by atoms with Crippen molar-refractivity contribution in [3.63, 3.8) is 0 Å². The van der Waals surface area contributed by atoms with Crippen LogP contribution in [0.2, 0.25) is 0 Å². The number of nitrogens with one attached hydrogen (secondary N) is 1. The smallest absolute Gasteiger partial charge is 0.251 e. The van der Waals surface area contributed by atoms with E-state index in [0.717, 1.165) is 37.4 Å². The monoisotopic (exact) mass is 329 g/mol. The molecule has 8 heteroatoms. The van der Waals surface area contributed by atoms with Crippen LogP contribution in [0.1, 0.15) is 36.3 Å². The van der Waals surface area contributed by atoms with Gasteiger partial charge in [0.1, 0.15) is 5.82 Å². The molecule has 1 aliphatic carbocycles. The zero-order valence-corrected chi connectivity index (χ0v) is 14.1. The molecule has 1 saturated carbocycles. The van der Waals surface area contributed by atoms with Crippen molar-refractivity contribution < 1.29 is 0 Å². The summed E-state index contributed by atoms with van der Waals surface area (Å²) in [5.74, 6) is 1.31. The van der Waals surface area contributed by atoms with E-state index in [4.69, 9.17) is 0 Å². The highest BCUT2D eigenvalue weighted by molar-refractivity contribution is 5.10. The highest BCUT2D eigenvalue weighted by Gasteiger charge is 2.36. The molecule has 0 aromatic carbocycles. The van der Waals surface area contributed by atoms with Gasteiger partial charge in [-0.2, -0.15) is 0 Å². The summed E-state index contributed by atoms with van der Waals surface area (Å²) < 4.78 is 1.94. The molecular formula is C16H23N7O. The highest BCUT2D eigenvalue weighted by Crippen LogP contribution is 2.37. The van der Waals surface area contributed by atoms with Gasteiger partial charge in [-0.15, -0.1) is 5.10 Å². The normalized spacial score (nSPS) is 24.8. The lowest BCUT2D eigenvalue weighted by Crippen LogP contribution is -2.36. The molecule has 2 fully saturated rings. The third-order valence-electron chi connectivity index (χ3n) is 4.94. The summed E-state index contributed by atoms with van der Waals surface area (Å²) in [6, 6.07) is 2.24. The van der Waals surface area contributed by atoms with E-state index in [2.05, 4.69) is 44.2 Å². The predicted octanol–water partition coefficient (Wildman–Crippen LogP) is 0.226. The lowest BCUT2D eigenvalue weighted by molar-refractivity contribution is 0.237. The van der Waals surface area contributed by atoms with E-state index < -0.39 is 0 Å². The Bertz CT molecular complexity index is 750. The van der Waals surface area contributed by atoms with Gasteiger partial charge in [-0.1, -0.05) is 5.21 Å².